The first-order chi connectivity index (χ1) is 9.59. The molecule has 1 aromatic rings. The smallest absolute Gasteiger partial charge is 0.223 e. The molecule has 1 unspecified atom stereocenters. The predicted octanol–water partition coefficient (Wildman–Crippen LogP) is 2.70. The number of hydrogen-bond acceptors (Lipinski definition) is 2. The van der Waals surface area contributed by atoms with Gasteiger partial charge >= 0.3 is 0 Å². The van der Waals surface area contributed by atoms with Crippen molar-refractivity contribution in [2.24, 2.45) is 0 Å². The lowest BCUT2D eigenvalue weighted by molar-refractivity contribution is -0.132. The van der Waals surface area contributed by atoms with Gasteiger partial charge in [-0.25, -0.2) is 0 Å². The molecule has 0 radical (unpaired) electrons. The van der Waals surface area contributed by atoms with Crippen molar-refractivity contribution in [1.82, 2.24) is 10.2 Å². The normalized spacial score (nSPS) is 17.8. The van der Waals surface area contributed by atoms with E-state index in [9.17, 15) is 4.79 Å². The van der Waals surface area contributed by atoms with Crippen molar-refractivity contribution in [3.8, 4) is 0 Å². The Bertz CT molecular complexity index is 452. The number of rotatable bonds is 4. The standard InChI is InChI=1S/C17H26N2O/c1-13-6-4-5-7-16(13)14(2)12-17(20)19(3)15-8-10-18-11-9-15/h4-7,14-15,18H,8-12H2,1-3H3. The maximum absolute atomic E-state index is 12.4. The van der Waals surface area contributed by atoms with Crippen molar-refractivity contribution in [1.29, 1.82) is 0 Å². The molecule has 1 heterocycles. The molecular weight excluding hydrogens is 248 g/mol. The summed E-state index contributed by atoms with van der Waals surface area (Å²) in [5, 5.41) is 3.34. The van der Waals surface area contributed by atoms with Crippen LogP contribution in [0.2, 0.25) is 0 Å². The van der Waals surface area contributed by atoms with Gasteiger partial charge in [0.25, 0.3) is 0 Å². The van der Waals surface area contributed by atoms with Gasteiger partial charge in [0.1, 0.15) is 0 Å². The van der Waals surface area contributed by atoms with Gasteiger partial charge in [0.2, 0.25) is 5.91 Å². The Labute approximate surface area is 122 Å². The number of nitrogens with one attached hydrogen (secondary N) is 1. The highest BCUT2D eigenvalue weighted by atomic mass is 16.2. The fourth-order valence-corrected chi connectivity index (χ4v) is 3.05. The fourth-order valence-electron chi connectivity index (χ4n) is 3.05. The minimum Gasteiger partial charge on any atom is -0.343 e. The second-order valence-electron chi connectivity index (χ2n) is 5.95. The topological polar surface area (TPSA) is 32.3 Å². The van der Waals surface area contributed by atoms with Gasteiger partial charge in [-0.05, 0) is 49.9 Å². The van der Waals surface area contributed by atoms with Crippen LogP contribution in [-0.2, 0) is 4.79 Å². The molecule has 2 rings (SSSR count). The highest BCUT2D eigenvalue weighted by Gasteiger charge is 2.23. The summed E-state index contributed by atoms with van der Waals surface area (Å²) < 4.78 is 0. The molecular formula is C17H26N2O. The summed E-state index contributed by atoms with van der Waals surface area (Å²) in [7, 11) is 1.96. The molecule has 3 heteroatoms. The summed E-state index contributed by atoms with van der Waals surface area (Å²) in [5.41, 5.74) is 2.57. The van der Waals surface area contributed by atoms with E-state index in [1.807, 2.05) is 11.9 Å². The van der Waals surface area contributed by atoms with Crippen molar-refractivity contribution in [3.63, 3.8) is 0 Å². The molecule has 1 aliphatic heterocycles. The molecule has 3 nitrogen and oxygen atoms in total. The number of aryl methyl sites for hydroxylation is 1. The summed E-state index contributed by atoms with van der Waals surface area (Å²) in [6, 6.07) is 8.77. The van der Waals surface area contributed by atoms with Gasteiger partial charge in [0.15, 0.2) is 0 Å². The number of amides is 1. The first-order valence-electron chi connectivity index (χ1n) is 7.61. The van der Waals surface area contributed by atoms with Gasteiger partial charge in [0.05, 0.1) is 0 Å². The quantitative estimate of drug-likeness (QED) is 0.915. The molecule has 1 saturated heterocycles. The van der Waals surface area contributed by atoms with Crippen LogP contribution < -0.4 is 5.32 Å². The summed E-state index contributed by atoms with van der Waals surface area (Å²) in [4.78, 5) is 14.4. The molecule has 1 N–H and O–H groups in total. The van der Waals surface area contributed by atoms with Crippen LogP contribution in [-0.4, -0.2) is 37.0 Å². The number of nitrogens with zero attached hydrogens (tertiary/aromatic N) is 1. The Morgan fingerprint density at radius 1 is 1.35 bits per heavy atom. The van der Waals surface area contributed by atoms with Gasteiger partial charge in [-0.15, -0.1) is 0 Å². The lowest BCUT2D eigenvalue weighted by Gasteiger charge is -2.32. The Morgan fingerprint density at radius 3 is 2.65 bits per heavy atom. The molecule has 1 amide bonds. The largest absolute Gasteiger partial charge is 0.343 e. The zero-order chi connectivity index (χ0) is 14.5. The lowest BCUT2D eigenvalue weighted by atomic mass is 9.93. The van der Waals surface area contributed by atoms with Gasteiger partial charge in [-0.1, -0.05) is 31.2 Å². The molecule has 0 saturated carbocycles. The molecule has 1 fully saturated rings. The number of carbonyl (C=O) groups is 1. The second-order valence-corrected chi connectivity index (χ2v) is 5.95. The van der Waals surface area contributed by atoms with E-state index in [-0.39, 0.29) is 11.8 Å². The average molecular weight is 274 g/mol. The molecule has 0 aliphatic carbocycles. The third-order valence-corrected chi connectivity index (χ3v) is 4.45. The third-order valence-electron chi connectivity index (χ3n) is 4.45. The molecule has 1 aromatic carbocycles. The molecule has 0 aromatic heterocycles. The minimum atomic E-state index is 0.271. The monoisotopic (exact) mass is 274 g/mol. The van der Waals surface area contributed by atoms with E-state index < -0.39 is 0 Å². The number of piperidine rings is 1. The lowest BCUT2D eigenvalue weighted by Crippen LogP contribution is -2.44. The molecule has 20 heavy (non-hydrogen) atoms. The first-order valence-corrected chi connectivity index (χ1v) is 7.61. The predicted molar refractivity (Wildman–Crippen MR) is 82.9 cm³/mol. The SMILES string of the molecule is Cc1ccccc1C(C)CC(=O)N(C)C1CCNCC1. The number of hydrogen-bond donors (Lipinski definition) is 1. The van der Waals surface area contributed by atoms with E-state index in [1.54, 1.807) is 0 Å². The van der Waals surface area contributed by atoms with Crippen LogP contribution in [0, 0.1) is 6.92 Å². The van der Waals surface area contributed by atoms with Crippen LogP contribution in [0.5, 0.6) is 0 Å². The summed E-state index contributed by atoms with van der Waals surface area (Å²) in [6.45, 7) is 6.31. The van der Waals surface area contributed by atoms with Crippen LogP contribution in [0.1, 0.15) is 43.2 Å². The van der Waals surface area contributed by atoms with E-state index >= 15 is 0 Å². The summed E-state index contributed by atoms with van der Waals surface area (Å²) >= 11 is 0. The average Bonchev–Trinajstić information content (AvgIpc) is 2.47. The highest BCUT2D eigenvalue weighted by molar-refractivity contribution is 5.77. The first kappa shape index (κ1) is 15.0. The number of benzene rings is 1. The maximum Gasteiger partial charge on any atom is 0.223 e. The van der Waals surface area contributed by atoms with Crippen molar-refractivity contribution in [2.45, 2.75) is 45.1 Å². The van der Waals surface area contributed by atoms with E-state index in [0.29, 0.717) is 12.5 Å². The van der Waals surface area contributed by atoms with E-state index in [1.165, 1.54) is 11.1 Å². The minimum absolute atomic E-state index is 0.271. The molecule has 1 aliphatic rings. The highest BCUT2D eigenvalue weighted by Crippen LogP contribution is 2.24. The fraction of sp³-hybridized carbons (Fsp3) is 0.588. The second kappa shape index (κ2) is 6.89. The Balaban J connectivity index is 1.95. The van der Waals surface area contributed by atoms with Gasteiger partial charge in [-0.2, -0.15) is 0 Å². The molecule has 1 atom stereocenters. The zero-order valence-corrected chi connectivity index (χ0v) is 12.9. The summed E-state index contributed by atoms with van der Waals surface area (Å²) in [5.74, 6) is 0.556. The zero-order valence-electron chi connectivity index (χ0n) is 12.9. The van der Waals surface area contributed by atoms with Gasteiger partial charge in [0, 0.05) is 19.5 Å². The Hall–Kier alpha value is -1.35. The van der Waals surface area contributed by atoms with Crippen molar-refractivity contribution >= 4 is 5.91 Å². The van der Waals surface area contributed by atoms with Crippen LogP contribution in [0.4, 0.5) is 0 Å². The summed E-state index contributed by atoms with van der Waals surface area (Å²) in [6.07, 6.45) is 2.74. The van der Waals surface area contributed by atoms with E-state index in [2.05, 4.69) is 43.4 Å². The van der Waals surface area contributed by atoms with Gasteiger partial charge in [-0.3, -0.25) is 4.79 Å². The van der Waals surface area contributed by atoms with Crippen molar-refractivity contribution in [2.75, 3.05) is 20.1 Å². The van der Waals surface area contributed by atoms with Crippen LogP contribution in [0.3, 0.4) is 0 Å². The Kier molecular flexibility index (Phi) is 5.18. The molecule has 0 bridgehead atoms. The van der Waals surface area contributed by atoms with E-state index in [0.717, 1.165) is 25.9 Å². The van der Waals surface area contributed by atoms with Crippen LogP contribution >= 0.6 is 0 Å². The van der Waals surface area contributed by atoms with Crippen LogP contribution in [0.25, 0.3) is 0 Å². The van der Waals surface area contributed by atoms with Gasteiger partial charge < -0.3 is 10.2 Å². The third kappa shape index (κ3) is 3.60. The molecule has 110 valence electrons. The van der Waals surface area contributed by atoms with Crippen LogP contribution in [0.15, 0.2) is 24.3 Å². The Morgan fingerprint density at radius 2 is 2.00 bits per heavy atom. The number of carbonyl (C=O) groups excluding carboxylic acids is 1. The van der Waals surface area contributed by atoms with Crippen molar-refractivity contribution < 1.29 is 4.79 Å². The van der Waals surface area contributed by atoms with E-state index in [4.69, 9.17) is 0 Å². The van der Waals surface area contributed by atoms with Crippen molar-refractivity contribution in [3.05, 3.63) is 35.4 Å². The maximum atomic E-state index is 12.4. The molecule has 0 spiro atoms.